The van der Waals surface area contributed by atoms with Crippen molar-refractivity contribution >= 4 is 17.5 Å². The molecule has 0 bridgehead atoms. The summed E-state index contributed by atoms with van der Waals surface area (Å²) in [5, 5.41) is 5.94. The van der Waals surface area contributed by atoms with Crippen LogP contribution < -0.4 is 15.5 Å². The number of para-hydroxylation sites is 1. The molecule has 0 heterocycles. The van der Waals surface area contributed by atoms with E-state index in [2.05, 4.69) is 10.6 Å². The zero-order valence-corrected chi connectivity index (χ0v) is 15.2. The molecule has 0 aromatic heterocycles. The van der Waals surface area contributed by atoms with Crippen LogP contribution in [-0.2, 0) is 9.59 Å². The number of carbonyl (C=O) groups excluding carboxylic acids is 2. The average molecular weight is 320 g/mol. The first-order chi connectivity index (χ1) is 10.6. The summed E-state index contributed by atoms with van der Waals surface area (Å²) in [5.41, 5.74) is 2.73. The Morgan fingerprint density at radius 3 is 2.13 bits per heavy atom. The van der Waals surface area contributed by atoms with Crippen LogP contribution in [-0.4, -0.2) is 37.5 Å². The summed E-state index contributed by atoms with van der Waals surface area (Å²) in [6.45, 7) is 10.5. The predicted octanol–water partition coefficient (Wildman–Crippen LogP) is 1.06. The number of benzene rings is 1. The molecule has 0 aliphatic rings. The van der Waals surface area contributed by atoms with Gasteiger partial charge in [-0.15, -0.1) is 0 Å². The topological polar surface area (TPSA) is 62.6 Å². The molecular formula is C18H30N3O2+. The summed E-state index contributed by atoms with van der Waals surface area (Å²) in [7, 11) is 1.85. The van der Waals surface area contributed by atoms with Gasteiger partial charge in [0.15, 0.2) is 13.1 Å². The van der Waals surface area contributed by atoms with E-state index in [1.54, 1.807) is 0 Å². The van der Waals surface area contributed by atoms with Gasteiger partial charge in [0.2, 0.25) is 0 Å². The molecule has 1 atom stereocenters. The van der Waals surface area contributed by atoms with Gasteiger partial charge in [0.25, 0.3) is 11.8 Å². The fourth-order valence-electron chi connectivity index (χ4n) is 2.32. The van der Waals surface area contributed by atoms with E-state index in [1.165, 1.54) is 0 Å². The Bertz CT molecular complexity index is 547. The van der Waals surface area contributed by atoms with Crippen LogP contribution in [0.2, 0.25) is 0 Å². The monoisotopic (exact) mass is 320 g/mol. The summed E-state index contributed by atoms with van der Waals surface area (Å²) < 4.78 is 0. The van der Waals surface area contributed by atoms with Gasteiger partial charge in [-0.05, 0) is 45.2 Å². The number of aryl methyl sites for hydroxylation is 2. The van der Waals surface area contributed by atoms with Gasteiger partial charge in [-0.2, -0.15) is 0 Å². The fraction of sp³-hybridized carbons (Fsp3) is 0.556. The standard InChI is InChI=1S/C18H29N3O2/c1-7-18(4,5)20-16(23)12-21(6)11-15(22)19-17-13(2)9-8-10-14(17)3/h8-10H,7,11-12H2,1-6H3,(H,19,22)(H,20,23)/p+1. The molecule has 1 aromatic rings. The Kier molecular flexibility index (Phi) is 6.76. The first-order valence-corrected chi connectivity index (χ1v) is 8.13. The van der Waals surface area contributed by atoms with E-state index in [0.29, 0.717) is 0 Å². The molecule has 0 spiro atoms. The van der Waals surface area contributed by atoms with E-state index in [9.17, 15) is 9.59 Å². The van der Waals surface area contributed by atoms with Gasteiger partial charge in [-0.3, -0.25) is 9.59 Å². The molecule has 0 radical (unpaired) electrons. The third-order valence-electron chi connectivity index (χ3n) is 4.03. The van der Waals surface area contributed by atoms with Crippen molar-refractivity contribution in [1.29, 1.82) is 0 Å². The number of carbonyl (C=O) groups is 2. The van der Waals surface area contributed by atoms with Crippen molar-refractivity contribution < 1.29 is 14.5 Å². The van der Waals surface area contributed by atoms with Crippen LogP contribution >= 0.6 is 0 Å². The highest BCUT2D eigenvalue weighted by molar-refractivity contribution is 5.93. The van der Waals surface area contributed by atoms with Crippen molar-refractivity contribution in [1.82, 2.24) is 5.32 Å². The summed E-state index contributed by atoms with van der Waals surface area (Å²) in [6, 6.07) is 5.91. The highest BCUT2D eigenvalue weighted by Crippen LogP contribution is 2.18. The van der Waals surface area contributed by atoms with Crippen LogP contribution in [0.1, 0.15) is 38.3 Å². The lowest BCUT2D eigenvalue weighted by molar-refractivity contribution is -0.862. The number of quaternary nitrogens is 1. The smallest absolute Gasteiger partial charge is 0.279 e. The number of amides is 2. The molecule has 1 aromatic carbocycles. The van der Waals surface area contributed by atoms with Crippen molar-refractivity contribution in [2.75, 3.05) is 25.5 Å². The van der Waals surface area contributed by atoms with Crippen LogP contribution in [0.25, 0.3) is 0 Å². The SMILES string of the molecule is CCC(C)(C)NC(=O)C[NH+](C)CC(=O)Nc1c(C)cccc1C. The third kappa shape index (κ3) is 6.40. The van der Waals surface area contributed by atoms with Crippen LogP contribution in [0.5, 0.6) is 0 Å². The summed E-state index contributed by atoms with van der Waals surface area (Å²) in [6.07, 6.45) is 0.866. The van der Waals surface area contributed by atoms with E-state index >= 15 is 0 Å². The molecule has 3 N–H and O–H groups in total. The molecule has 0 aliphatic carbocycles. The van der Waals surface area contributed by atoms with Crippen molar-refractivity contribution in [3.05, 3.63) is 29.3 Å². The molecule has 1 rings (SSSR count). The van der Waals surface area contributed by atoms with E-state index in [4.69, 9.17) is 0 Å². The van der Waals surface area contributed by atoms with E-state index in [0.717, 1.165) is 28.1 Å². The van der Waals surface area contributed by atoms with Gasteiger partial charge in [-0.25, -0.2) is 0 Å². The van der Waals surface area contributed by atoms with Gasteiger partial charge < -0.3 is 15.5 Å². The number of hydrogen-bond donors (Lipinski definition) is 3. The molecule has 23 heavy (non-hydrogen) atoms. The number of rotatable bonds is 7. The van der Waals surface area contributed by atoms with Crippen LogP contribution in [0.3, 0.4) is 0 Å². The van der Waals surface area contributed by atoms with Gasteiger partial charge in [0.05, 0.1) is 7.05 Å². The minimum absolute atomic E-state index is 0.0331. The van der Waals surface area contributed by atoms with E-state index in [1.807, 2.05) is 59.9 Å². The van der Waals surface area contributed by atoms with E-state index in [-0.39, 0.29) is 30.4 Å². The number of anilines is 1. The molecular weight excluding hydrogens is 290 g/mol. The number of hydrogen-bond acceptors (Lipinski definition) is 2. The van der Waals surface area contributed by atoms with Gasteiger partial charge in [-0.1, -0.05) is 25.1 Å². The minimum atomic E-state index is -0.210. The second-order valence-corrected chi connectivity index (χ2v) is 6.91. The Balaban J connectivity index is 2.53. The van der Waals surface area contributed by atoms with Crippen molar-refractivity contribution in [3.63, 3.8) is 0 Å². The molecule has 0 aliphatic heterocycles. The molecule has 2 amide bonds. The van der Waals surface area contributed by atoms with Crippen LogP contribution in [0.4, 0.5) is 5.69 Å². The maximum atomic E-state index is 12.2. The minimum Gasteiger partial charge on any atom is -0.346 e. The van der Waals surface area contributed by atoms with Gasteiger partial charge in [0.1, 0.15) is 0 Å². The molecule has 1 unspecified atom stereocenters. The van der Waals surface area contributed by atoms with Crippen molar-refractivity contribution in [3.8, 4) is 0 Å². The maximum Gasteiger partial charge on any atom is 0.279 e. The van der Waals surface area contributed by atoms with E-state index < -0.39 is 0 Å². The zero-order valence-electron chi connectivity index (χ0n) is 15.2. The Labute approximate surface area is 139 Å². The predicted molar refractivity (Wildman–Crippen MR) is 93.7 cm³/mol. The quantitative estimate of drug-likeness (QED) is 0.703. The summed E-state index contributed by atoms with van der Waals surface area (Å²) in [5.74, 6) is -0.114. The highest BCUT2D eigenvalue weighted by Gasteiger charge is 2.21. The van der Waals surface area contributed by atoms with Gasteiger partial charge in [0, 0.05) is 11.2 Å². The molecule has 128 valence electrons. The molecule has 5 nitrogen and oxygen atoms in total. The molecule has 0 saturated carbocycles. The fourth-order valence-corrected chi connectivity index (χ4v) is 2.32. The lowest BCUT2D eigenvalue weighted by Gasteiger charge is -2.25. The Hall–Kier alpha value is -1.88. The highest BCUT2D eigenvalue weighted by atomic mass is 16.2. The molecule has 0 saturated heterocycles. The van der Waals surface area contributed by atoms with Crippen LogP contribution in [0.15, 0.2) is 18.2 Å². The zero-order chi connectivity index (χ0) is 17.6. The first-order valence-electron chi connectivity index (χ1n) is 8.13. The maximum absolute atomic E-state index is 12.2. The number of likely N-dealkylation sites (N-methyl/N-ethyl adjacent to an activating group) is 1. The van der Waals surface area contributed by atoms with Crippen molar-refractivity contribution in [2.45, 2.75) is 46.6 Å². The normalized spacial score (nSPS) is 12.6. The summed E-state index contributed by atoms with van der Waals surface area (Å²) in [4.78, 5) is 25.1. The largest absolute Gasteiger partial charge is 0.346 e. The Morgan fingerprint density at radius 1 is 1.09 bits per heavy atom. The van der Waals surface area contributed by atoms with Crippen molar-refractivity contribution in [2.24, 2.45) is 0 Å². The molecule has 0 fully saturated rings. The second-order valence-electron chi connectivity index (χ2n) is 6.91. The van der Waals surface area contributed by atoms with Crippen LogP contribution in [0, 0.1) is 13.8 Å². The first kappa shape index (κ1) is 19.2. The lowest BCUT2D eigenvalue weighted by atomic mass is 10.0. The number of nitrogens with one attached hydrogen (secondary N) is 3. The van der Waals surface area contributed by atoms with Gasteiger partial charge >= 0.3 is 0 Å². The molecule has 5 heteroatoms. The second kappa shape index (κ2) is 8.11. The summed E-state index contributed by atoms with van der Waals surface area (Å²) >= 11 is 0. The Morgan fingerprint density at radius 2 is 1.61 bits per heavy atom. The lowest BCUT2D eigenvalue weighted by Crippen LogP contribution is -3.11. The average Bonchev–Trinajstić information content (AvgIpc) is 2.42. The third-order valence-corrected chi connectivity index (χ3v) is 4.03.